The van der Waals surface area contributed by atoms with Crippen LogP contribution in [0.15, 0.2) is 47.6 Å². The molecule has 0 radical (unpaired) electrons. The molecule has 1 aliphatic carbocycles. The van der Waals surface area contributed by atoms with E-state index in [0.29, 0.717) is 50.4 Å². The monoisotopic (exact) mass is 912 g/mol. The van der Waals surface area contributed by atoms with E-state index in [9.17, 15) is 24.0 Å². The number of piperidine rings is 1. The summed E-state index contributed by atoms with van der Waals surface area (Å²) in [5, 5.41) is 0. The standard InChI is InChI=1S/C53H82FNO10/c1-32-18-14-13-15-19-33(2)46(62-11)30-42-24-22-39(8)53(54,65-42)50(58)51(59)55-25-17-16-20-43(55)52(60)64-47(37(6)28-41-23-21-34(3)45(29-41)61-10)31-44(56)36(5)27-35(4)40(9)49(63-12)48(57)38(7)26-32/h13-15,18-19,27,32,34,36-43,45-47,49H,16-17,20-26,28-31H2,1-12H3/b15-13?,18-14+,33-19?,35-27+/t32-,34-,36-,37-,38-,39-,40-,41+,42+,43+,45-,46+,47?,49-,53-/m1/s1. The Morgan fingerprint density at radius 2 is 1.55 bits per heavy atom. The summed E-state index contributed by atoms with van der Waals surface area (Å²) < 4.78 is 46.8. The van der Waals surface area contributed by atoms with Crippen molar-refractivity contribution in [3.8, 4) is 0 Å². The minimum atomic E-state index is -2.89. The minimum Gasteiger partial charge on any atom is -0.460 e. The van der Waals surface area contributed by atoms with Gasteiger partial charge in [0.15, 0.2) is 5.78 Å². The molecule has 0 aromatic carbocycles. The summed E-state index contributed by atoms with van der Waals surface area (Å²) in [6.07, 6.45) is 15.6. The molecule has 2 bridgehead atoms. The molecule has 4 aliphatic rings. The number of fused-ring (bicyclic) bond motifs is 3. The third kappa shape index (κ3) is 14.3. The topological polar surface area (TPSA) is 135 Å². The highest BCUT2D eigenvalue weighted by molar-refractivity contribution is 6.39. The van der Waals surface area contributed by atoms with Crippen molar-refractivity contribution in [2.75, 3.05) is 27.9 Å². The van der Waals surface area contributed by atoms with Crippen molar-refractivity contribution in [2.45, 2.75) is 182 Å². The van der Waals surface area contributed by atoms with Crippen LogP contribution in [0.1, 0.15) is 139 Å². The van der Waals surface area contributed by atoms with E-state index >= 15 is 4.39 Å². The molecule has 366 valence electrons. The van der Waals surface area contributed by atoms with E-state index in [-0.39, 0.29) is 67.1 Å². The molecule has 0 aromatic heterocycles. The largest absolute Gasteiger partial charge is 0.460 e. The van der Waals surface area contributed by atoms with Gasteiger partial charge in [-0.25, -0.2) is 9.18 Å². The summed E-state index contributed by atoms with van der Waals surface area (Å²) in [6.45, 7) is 17.4. The lowest BCUT2D eigenvalue weighted by atomic mass is 9.76. The molecule has 3 heterocycles. The van der Waals surface area contributed by atoms with E-state index in [0.717, 1.165) is 30.4 Å². The second kappa shape index (κ2) is 25.2. The lowest BCUT2D eigenvalue weighted by Crippen LogP contribution is -2.59. The van der Waals surface area contributed by atoms with Gasteiger partial charge in [0.05, 0.1) is 18.3 Å². The first kappa shape index (κ1) is 54.3. The number of Topliss-reactive ketones (excluding diaryl/α,β-unsaturated/α-hetero) is 3. The molecule has 0 aromatic rings. The Labute approximate surface area is 389 Å². The van der Waals surface area contributed by atoms with Gasteiger partial charge in [-0.1, -0.05) is 90.5 Å². The first-order valence-corrected chi connectivity index (χ1v) is 24.5. The predicted molar refractivity (Wildman–Crippen MR) is 250 cm³/mol. The van der Waals surface area contributed by atoms with Gasteiger partial charge in [-0.15, -0.1) is 0 Å². The molecule has 11 nitrogen and oxygen atoms in total. The fourth-order valence-electron chi connectivity index (χ4n) is 10.5. The van der Waals surface area contributed by atoms with Crippen LogP contribution in [0, 0.1) is 47.3 Å². The fraction of sp³-hybridized carbons (Fsp3) is 0.755. The van der Waals surface area contributed by atoms with Gasteiger partial charge in [0.1, 0.15) is 24.0 Å². The molecule has 65 heavy (non-hydrogen) atoms. The van der Waals surface area contributed by atoms with Crippen molar-refractivity contribution in [1.29, 1.82) is 0 Å². The highest BCUT2D eigenvalue weighted by atomic mass is 19.2. The highest BCUT2D eigenvalue weighted by Crippen LogP contribution is 2.40. The molecule has 0 N–H and O–H groups in total. The number of nitrogens with zero attached hydrogens (tertiary/aromatic N) is 1. The van der Waals surface area contributed by atoms with E-state index < -0.39 is 65.8 Å². The number of methoxy groups -OCH3 is 3. The number of esters is 1. The van der Waals surface area contributed by atoms with E-state index in [1.165, 1.54) is 4.90 Å². The number of hydrogen-bond donors (Lipinski definition) is 0. The zero-order chi connectivity index (χ0) is 48.2. The zero-order valence-electron chi connectivity index (χ0n) is 41.6. The first-order chi connectivity index (χ1) is 30.7. The van der Waals surface area contributed by atoms with Crippen LogP contribution >= 0.6 is 0 Å². The number of hydrogen-bond acceptors (Lipinski definition) is 10. The van der Waals surface area contributed by atoms with Gasteiger partial charge < -0.3 is 28.6 Å². The van der Waals surface area contributed by atoms with Crippen molar-refractivity contribution in [3.63, 3.8) is 0 Å². The number of halogens is 1. The third-order valence-corrected chi connectivity index (χ3v) is 15.2. The Morgan fingerprint density at radius 3 is 2.23 bits per heavy atom. The van der Waals surface area contributed by atoms with Crippen molar-refractivity contribution < 1.29 is 52.0 Å². The number of carbonyl (C=O) groups is 5. The summed E-state index contributed by atoms with van der Waals surface area (Å²) in [5.41, 5.74) is 1.72. The Kier molecular flexibility index (Phi) is 21.0. The van der Waals surface area contributed by atoms with Crippen LogP contribution in [0.5, 0.6) is 0 Å². The maximum atomic E-state index is 17.1. The average molecular weight is 912 g/mol. The molecule has 0 spiro atoms. The van der Waals surface area contributed by atoms with Crippen molar-refractivity contribution in [1.82, 2.24) is 4.90 Å². The van der Waals surface area contributed by atoms with Crippen LogP contribution in [-0.2, 0) is 47.7 Å². The SMILES string of the molecule is CO[C@H]1C[C@@H]2CC[C@@H](C)[C@@](F)(O2)C(=O)C(=O)N2CCCC[C@H]2C(=O)OC([C@H](C)C[C@@H]2CC[C@@H](C)[C@H](OC)C2)CC(=O)[C@H](C)/C=C(\C)[C@@H](C)[C@@H](OC)C(=O)[C@H](C)C[C@H](C)/C=C/C=CC=C1C. The number of carbonyl (C=O) groups excluding carboxylic acids is 5. The van der Waals surface area contributed by atoms with Crippen LogP contribution in [-0.4, -0.2) is 104 Å². The number of rotatable bonds is 6. The number of allylic oxidation sites excluding steroid dienone is 6. The van der Waals surface area contributed by atoms with Crippen molar-refractivity contribution in [2.24, 2.45) is 47.3 Å². The van der Waals surface area contributed by atoms with Gasteiger partial charge in [-0.05, 0) is 107 Å². The Balaban J connectivity index is 1.70. The lowest BCUT2D eigenvalue weighted by Gasteiger charge is -2.41. The number of amides is 1. The Morgan fingerprint density at radius 1 is 0.831 bits per heavy atom. The van der Waals surface area contributed by atoms with E-state index in [4.69, 9.17) is 23.7 Å². The zero-order valence-corrected chi connectivity index (χ0v) is 41.6. The molecule has 4 rings (SSSR count). The maximum absolute atomic E-state index is 17.1. The van der Waals surface area contributed by atoms with Gasteiger partial charge >= 0.3 is 5.97 Å². The predicted octanol–water partition coefficient (Wildman–Crippen LogP) is 9.71. The lowest BCUT2D eigenvalue weighted by molar-refractivity contribution is -0.231. The molecule has 1 amide bonds. The van der Waals surface area contributed by atoms with Crippen LogP contribution in [0.25, 0.3) is 0 Å². The molecule has 1 saturated carbocycles. The first-order valence-electron chi connectivity index (χ1n) is 24.5. The van der Waals surface area contributed by atoms with E-state index in [1.807, 2.05) is 71.9 Å². The molecule has 1 unspecified atom stereocenters. The van der Waals surface area contributed by atoms with E-state index in [1.54, 1.807) is 28.3 Å². The normalized spacial score (nSPS) is 39.1. The van der Waals surface area contributed by atoms with E-state index in [2.05, 4.69) is 19.9 Å². The molecular weight excluding hydrogens is 830 g/mol. The molecule has 2 saturated heterocycles. The summed E-state index contributed by atoms with van der Waals surface area (Å²) in [6, 6.07) is -1.13. The number of cyclic esters (lactones) is 1. The molecule has 3 aliphatic heterocycles. The summed E-state index contributed by atoms with van der Waals surface area (Å²) in [7, 11) is 4.85. The second-order valence-electron chi connectivity index (χ2n) is 20.3. The average Bonchev–Trinajstić information content (AvgIpc) is 3.28. The van der Waals surface area contributed by atoms with Crippen molar-refractivity contribution >= 4 is 29.2 Å². The Hall–Kier alpha value is -3.32. The fourth-order valence-corrected chi connectivity index (χ4v) is 10.5. The molecular formula is C53H82FNO10. The number of ether oxygens (including phenoxy) is 5. The van der Waals surface area contributed by atoms with Gasteiger partial charge in [-0.3, -0.25) is 19.2 Å². The third-order valence-electron chi connectivity index (χ3n) is 15.2. The summed E-state index contributed by atoms with van der Waals surface area (Å²) in [4.78, 5) is 71.9. The van der Waals surface area contributed by atoms with Crippen LogP contribution in [0.3, 0.4) is 0 Å². The maximum Gasteiger partial charge on any atom is 0.329 e. The van der Waals surface area contributed by atoms with Crippen LogP contribution in [0.4, 0.5) is 4.39 Å². The smallest absolute Gasteiger partial charge is 0.329 e. The highest BCUT2D eigenvalue weighted by Gasteiger charge is 2.55. The van der Waals surface area contributed by atoms with Gasteiger partial charge in [-0.2, -0.15) is 0 Å². The Bertz CT molecular complexity index is 1760. The molecule has 12 heteroatoms. The van der Waals surface area contributed by atoms with Gasteiger partial charge in [0.2, 0.25) is 0 Å². The quantitative estimate of drug-likeness (QED) is 0.144. The second-order valence-corrected chi connectivity index (χ2v) is 20.3. The van der Waals surface area contributed by atoms with Gasteiger partial charge in [0, 0.05) is 64.4 Å². The van der Waals surface area contributed by atoms with Crippen LogP contribution in [0.2, 0.25) is 0 Å². The molecule has 15 atom stereocenters. The van der Waals surface area contributed by atoms with Crippen molar-refractivity contribution in [3.05, 3.63) is 47.6 Å². The summed E-state index contributed by atoms with van der Waals surface area (Å²) in [5.74, 6) is -7.60. The summed E-state index contributed by atoms with van der Waals surface area (Å²) >= 11 is 0. The minimum absolute atomic E-state index is 0.00242. The molecule has 3 fully saturated rings. The number of ketones is 3. The van der Waals surface area contributed by atoms with Gasteiger partial charge in [0.25, 0.3) is 17.5 Å². The van der Waals surface area contributed by atoms with Crippen LogP contribution < -0.4 is 0 Å². The number of alkyl halides is 1.